The molecule has 1 amide bonds. The zero-order valence-corrected chi connectivity index (χ0v) is 26.9. The number of carbonyl (C=O) groups is 1. The van der Waals surface area contributed by atoms with Crippen LogP contribution in [0.5, 0.6) is 0 Å². The zero-order valence-electron chi connectivity index (χ0n) is 25.4. The molecule has 2 aliphatic rings. The van der Waals surface area contributed by atoms with Crippen molar-refractivity contribution in [1.82, 2.24) is 9.47 Å². The molecule has 1 aliphatic carbocycles. The van der Waals surface area contributed by atoms with E-state index in [1.807, 2.05) is 19.9 Å². The minimum absolute atomic E-state index is 0.0174. The van der Waals surface area contributed by atoms with E-state index in [0.717, 1.165) is 68.3 Å². The van der Waals surface area contributed by atoms with Crippen molar-refractivity contribution in [2.45, 2.75) is 58.3 Å². The molecule has 1 fully saturated rings. The summed E-state index contributed by atoms with van der Waals surface area (Å²) >= 11 is 3.64. The number of aromatic nitrogens is 1. The van der Waals surface area contributed by atoms with Gasteiger partial charge in [0.25, 0.3) is 0 Å². The number of carbonyl (C=O) groups excluding carboxylic acids is 1. The van der Waals surface area contributed by atoms with Crippen molar-refractivity contribution in [3.8, 4) is 16.9 Å². The highest BCUT2D eigenvalue weighted by Gasteiger charge is 2.23. The number of benzene rings is 3. The van der Waals surface area contributed by atoms with Gasteiger partial charge in [-0.2, -0.15) is 0 Å². The third-order valence-electron chi connectivity index (χ3n) is 8.97. The molecule has 5 heteroatoms. The van der Waals surface area contributed by atoms with E-state index in [2.05, 4.69) is 116 Å². The molecule has 3 aromatic carbocycles. The van der Waals surface area contributed by atoms with Crippen LogP contribution in [0.15, 0.2) is 83.3 Å². The Hall–Kier alpha value is -3.41. The molecular formula is C38H42BrN3O. The average molecular weight is 637 g/mol. The number of anilines is 1. The van der Waals surface area contributed by atoms with Gasteiger partial charge >= 0.3 is 0 Å². The van der Waals surface area contributed by atoms with Gasteiger partial charge in [0.05, 0.1) is 5.69 Å². The van der Waals surface area contributed by atoms with E-state index in [1.165, 1.54) is 38.6 Å². The van der Waals surface area contributed by atoms with Crippen LogP contribution in [0.3, 0.4) is 0 Å². The lowest BCUT2D eigenvalue weighted by molar-refractivity contribution is -0.118. The van der Waals surface area contributed by atoms with Crippen molar-refractivity contribution < 1.29 is 4.79 Å². The van der Waals surface area contributed by atoms with Gasteiger partial charge in [0.15, 0.2) is 0 Å². The van der Waals surface area contributed by atoms with Gasteiger partial charge < -0.3 is 14.8 Å². The molecule has 4 aromatic rings. The molecule has 1 aliphatic heterocycles. The molecule has 4 nitrogen and oxygen atoms in total. The second-order valence-electron chi connectivity index (χ2n) is 12.3. The normalized spacial score (nSPS) is 15.5. The molecule has 6 rings (SSSR count). The molecule has 0 radical (unpaired) electrons. The molecule has 0 unspecified atom stereocenters. The van der Waals surface area contributed by atoms with Crippen molar-refractivity contribution in [3.63, 3.8) is 0 Å². The maximum atomic E-state index is 12.2. The van der Waals surface area contributed by atoms with Gasteiger partial charge in [-0.05, 0) is 122 Å². The van der Waals surface area contributed by atoms with Crippen molar-refractivity contribution in [3.05, 3.63) is 105 Å². The summed E-state index contributed by atoms with van der Waals surface area (Å²) in [5, 5.41) is 5.84. The van der Waals surface area contributed by atoms with Crippen molar-refractivity contribution >= 4 is 39.7 Å². The van der Waals surface area contributed by atoms with Crippen LogP contribution in [0, 0.1) is 5.92 Å². The first-order chi connectivity index (χ1) is 21.0. The quantitative estimate of drug-likeness (QED) is 0.205. The number of amides is 1. The Morgan fingerprint density at radius 1 is 0.930 bits per heavy atom. The number of para-hydroxylation sites is 1. The maximum absolute atomic E-state index is 12.2. The van der Waals surface area contributed by atoms with Crippen LogP contribution in [-0.2, 0) is 11.2 Å². The smallest absolute Gasteiger partial charge is 0.226 e. The van der Waals surface area contributed by atoms with E-state index in [0.29, 0.717) is 5.92 Å². The number of hydrogen-bond acceptors (Lipinski definition) is 2. The average Bonchev–Trinajstić information content (AvgIpc) is 3.36. The highest BCUT2D eigenvalue weighted by Crippen LogP contribution is 2.31. The summed E-state index contributed by atoms with van der Waals surface area (Å²) in [6.07, 6.45) is 11.6. The fraction of sp³-hybridized carbons (Fsp3) is 0.342. The van der Waals surface area contributed by atoms with E-state index in [4.69, 9.17) is 0 Å². The predicted molar refractivity (Wildman–Crippen MR) is 183 cm³/mol. The van der Waals surface area contributed by atoms with Gasteiger partial charge in [-0.25, -0.2) is 0 Å². The van der Waals surface area contributed by atoms with Crippen LogP contribution in [0.1, 0.15) is 63.0 Å². The van der Waals surface area contributed by atoms with Gasteiger partial charge in [0, 0.05) is 27.1 Å². The second kappa shape index (κ2) is 13.5. The van der Waals surface area contributed by atoms with E-state index in [-0.39, 0.29) is 11.8 Å². The summed E-state index contributed by atoms with van der Waals surface area (Å²) in [6, 6.07) is 28.1. The number of likely N-dealkylation sites (tertiary alicyclic amines) is 1. The zero-order chi connectivity index (χ0) is 29.8. The molecule has 0 saturated carbocycles. The minimum Gasteiger partial charge on any atom is -0.326 e. The monoisotopic (exact) mass is 635 g/mol. The van der Waals surface area contributed by atoms with Gasteiger partial charge in [-0.1, -0.05) is 84.4 Å². The minimum atomic E-state index is -0.0174. The first kappa shape index (κ1) is 29.7. The Morgan fingerprint density at radius 2 is 1.67 bits per heavy atom. The molecule has 1 aromatic heterocycles. The van der Waals surface area contributed by atoms with Gasteiger partial charge in [0.1, 0.15) is 0 Å². The van der Waals surface area contributed by atoms with E-state index in [9.17, 15) is 4.79 Å². The number of halogens is 1. The Labute approximate surface area is 264 Å². The van der Waals surface area contributed by atoms with Crippen molar-refractivity contribution in [2.75, 3.05) is 25.0 Å². The molecule has 0 bridgehead atoms. The van der Waals surface area contributed by atoms with Gasteiger partial charge in [-0.3, -0.25) is 4.79 Å². The molecule has 2 heterocycles. The summed E-state index contributed by atoms with van der Waals surface area (Å²) in [6.45, 7) is 7.22. The van der Waals surface area contributed by atoms with Crippen LogP contribution in [-0.4, -0.2) is 35.0 Å². The van der Waals surface area contributed by atoms with Gasteiger partial charge in [0.2, 0.25) is 5.91 Å². The van der Waals surface area contributed by atoms with Gasteiger partial charge in [-0.15, -0.1) is 0 Å². The lowest BCUT2D eigenvalue weighted by Gasteiger charge is -2.32. The molecule has 0 spiro atoms. The van der Waals surface area contributed by atoms with Crippen LogP contribution in [0.25, 0.3) is 29.1 Å². The molecule has 0 atom stereocenters. The summed E-state index contributed by atoms with van der Waals surface area (Å²) in [5.41, 5.74) is 7.57. The Balaban J connectivity index is 1.17. The number of fused-ring (bicyclic) bond motifs is 1. The van der Waals surface area contributed by atoms with Crippen LogP contribution < -0.4 is 15.9 Å². The predicted octanol–water partition coefficient (Wildman–Crippen LogP) is 7.67. The fourth-order valence-electron chi connectivity index (χ4n) is 6.67. The first-order valence-corrected chi connectivity index (χ1v) is 16.7. The molecule has 43 heavy (non-hydrogen) atoms. The third-order valence-corrected chi connectivity index (χ3v) is 9.50. The van der Waals surface area contributed by atoms with E-state index in [1.54, 1.807) is 0 Å². The Bertz CT molecular complexity index is 1680. The summed E-state index contributed by atoms with van der Waals surface area (Å²) in [4.78, 5) is 14.8. The van der Waals surface area contributed by atoms with Crippen molar-refractivity contribution in [1.29, 1.82) is 0 Å². The number of nitrogens with zero attached hydrogens (tertiary/aromatic N) is 2. The van der Waals surface area contributed by atoms with Crippen LogP contribution in [0.4, 0.5) is 5.69 Å². The standard InChI is InChI=1S/C38H42BrN3O/c1-27(2)38(43)40-32-11-8-10-30(26-32)28-21-24-41(25-22-28)23-9-15-35-34-14-6-7-16-36(34)42(33-12-4-3-5-13-33)37(35)29-17-19-31(39)20-18-29/h3-5,8,10-14,16-20,26-28H,6-7,9,15,21-25H2,1-2H3,(H,40,43). The highest BCUT2D eigenvalue weighted by molar-refractivity contribution is 9.10. The SMILES string of the molecule is CC(C)C(=O)Nc1cccc(C2CCN(CCCc3c(-c4ccc(Br)cc4)n(-c4ccccc4)c4c3=CCCC=4)CC2)c1. The molecule has 1 saturated heterocycles. The lowest BCUT2D eigenvalue weighted by Crippen LogP contribution is -2.34. The molecule has 222 valence electrons. The number of rotatable bonds is 9. The second-order valence-corrected chi connectivity index (χ2v) is 13.2. The largest absolute Gasteiger partial charge is 0.326 e. The van der Waals surface area contributed by atoms with E-state index >= 15 is 0 Å². The fourth-order valence-corrected chi connectivity index (χ4v) is 6.93. The number of hydrogen-bond donors (Lipinski definition) is 1. The first-order valence-electron chi connectivity index (χ1n) is 15.9. The third kappa shape index (κ3) is 6.73. The Kier molecular flexibility index (Phi) is 9.30. The molecule has 1 N–H and O–H groups in total. The summed E-state index contributed by atoms with van der Waals surface area (Å²) < 4.78 is 3.60. The highest BCUT2D eigenvalue weighted by atomic mass is 79.9. The topological polar surface area (TPSA) is 37.3 Å². The Morgan fingerprint density at radius 3 is 2.42 bits per heavy atom. The maximum Gasteiger partial charge on any atom is 0.226 e. The lowest BCUT2D eigenvalue weighted by atomic mass is 9.89. The molecular weight excluding hydrogens is 594 g/mol. The summed E-state index contributed by atoms with van der Waals surface area (Å²) in [7, 11) is 0. The summed E-state index contributed by atoms with van der Waals surface area (Å²) in [5.74, 6) is 0.607. The number of nitrogens with one attached hydrogen (secondary N) is 1. The number of piperidine rings is 1. The van der Waals surface area contributed by atoms with Crippen LogP contribution in [0.2, 0.25) is 0 Å². The van der Waals surface area contributed by atoms with Crippen molar-refractivity contribution in [2.24, 2.45) is 5.92 Å². The van der Waals surface area contributed by atoms with Crippen LogP contribution >= 0.6 is 15.9 Å². The van der Waals surface area contributed by atoms with E-state index < -0.39 is 0 Å².